The Morgan fingerprint density at radius 1 is 1.44 bits per heavy atom. The van der Waals surface area contributed by atoms with Crippen LogP contribution < -0.4 is 0 Å². The van der Waals surface area contributed by atoms with Gasteiger partial charge in [-0.05, 0) is 32.2 Å². The summed E-state index contributed by atoms with van der Waals surface area (Å²) in [5.41, 5.74) is 0.827. The maximum absolute atomic E-state index is 12.8. The van der Waals surface area contributed by atoms with Gasteiger partial charge in [-0.3, -0.25) is 4.90 Å². The molecule has 0 aliphatic heterocycles. The van der Waals surface area contributed by atoms with Crippen molar-refractivity contribution in [3.05, 3.63) is 11.9 Å². The van der Waals surface area contributed by atoms with Crippen molar-refractivity contribution < 1.29 is 18.6 Å². The van der Waals surface area contributed by atoms with Gasteiger partial charge in [0.1, 0.15) is 0 Å². The summed E-state index contributed by atoms with van der Waals surface area (Å²) in [4.78, 5) is 6.10. The lowest BCUT2D eigenvalue weighted by atomic mass is 9.87. The second-order valence-corrected chi connectivity index (χ2v) is 9.08. The monoisotopic (exact) mass is 373 g/mol. The van der Waals surface area contributed by atoms with Crippen LogP contribution in [-0.4, -0.2) is 65.1 Å². The molecule has 0 spiro atoms. The van der Waals surface area contributed by atoms with Gasteiger partial charge < -0.3 is 14.8 Å². The molecule has 0 bridgehead atoms. The van der Waals surface area contributed by atoms with Gasteiger partial charge in [0.15, 0.2) is 0 Å². The van der Waals surface area contributed by atoms with E-state index in [1.165, 1.54) is 0 Å². The van der Waals surface area contributed by atoms with Gasteiger partial charge in [-0.25, -0.2) is 13.4 Å². The first-order valence-corrected chi connectivity index (χ1v) is 10.8. The molecule has 8 heteroatoms. The molecule has 0 saturated heterocycles. The molecule has 1 aromatic heterocycles. The molecule has 2 N–H and O–H groups in total. The maximum atomic E-state index is 12.8. The zero-order valence-corrected chi connectivity index (χ0v) is 16.1. The largest absolute Gasteiger partial charge is 0.394 e. The summed E-state index contributed by atoms with van der Waals surface area (Å²) in [6.07, 6.45) is 5.78. The lowest BCUT2D eigenvalue weighted by Gasteiger charge is -2.25. The standard InChI is InChI=1S/C17H31N3O4S/c1-3-4-8-20-15(10-19(2)11-16(22)12-21)9-18-17(20)25(23,24)13-14-6-5-7-14/h9,14,16,21-22H,3-8,10-13H2,1-2H3. The van der Waals surface area contributed by atoms with Crippen LogP contribution in [-0.2, 0) is 22.9 Å². The van der Waals surface area contributed by atoms with Crippen molar-refractivity contribution in [2.45, 2.75) is 63.4 Å². The first kappa shape index (κ1) is 20.4. The van der Waals surface area contributed by atoms with Gasteiger partial charge in [0.2, 0.25) is 15.0 Å². The highest BCUT2D eigenvalue weighted by Crippen LogP contribution is 2.29. The molecular weight excluding hydrogens is 342 g/mol. The van der Waals surface area contributed by atoms with E-state index in [4.69, 9.17) is 5.11 Å². The molecule has 1 saturated carbocycles. The number of unbranched alkanes of at least 4 members (excludes halogenated alkanes) is 1. The molecule has 0 amide bonds. The van der Waals surface area contributed by atoms with E-state index in [-0.39, 0.29) is 23.4 Å². The zero-order chi connectivity index (χ0) is 18.4. The van der Waals surface area contributed by atoms with E-state index in [1.807, 2.05) is 16.5 Å². The lowest BCUT2D eigenvalue weighted by Crippen LogP contribution is -2.32. The number of likely N-dealkylation sites (N-methyl/N-ethyl adjacent to an activating group) is 1. The van der Waals surface area contributed by atoms with E-state index < -0.39 is 15.9 Å². The first-order valence-electron chi connectivity index (χ1n) is 9.12. The van der Waals surface area contributed by atoms with E-state index in [0.717, 1.165) is 37.8 Å². The number of hydrogen-bond donors (Lipinski definition) is 2. The minimum Gasteiger partial charge on any atom is -0.394 e. The number of hydrogen-bond acceptors (Lipinski definition) is 6. The summed E-state index contributed by atoms with van der Waals surface area (Å²) in [6, 6.07) is 0. The molecule has 1 atom stereocenters. The van der Waals surface area contributed by atoms with Crippen LogP contribution in [0.4, 0.5) is 0 Å². The summed E-state index contributed by atoms with van der Waals surface area (Å²) >= 11 is 0. The van der Waals surface area contributed by atoms with Gasteiger partial charge >= 0.3 is 0 Å². The molecule has 1 aliphatic rings. The van der Waals surface area contributed by atoms with Crippen molar-refractivity contribution in [3.63, 3.8) is 0 Å². The van der Waals surface area contributed by atoms with E-state index in [1.54, 1.807) is 6.20 Å². The molecule has 1 aliphatic carbocycles. The Morgan fingerprint density at radius 3 is 2.72 bits per heavy atom. The van der Waals surface area contributed by atoms with Gasteiger partial charge in [-0.2, -0.15) is 0 Å². The molecular formula is C17H31N3O4S. The summed E-state index contributed by atoms with van der Waals surface area (Å²) in [5.74, 6) is 0.460. The molecule has 1 aromatic rings. The summed E-state index contributed by atoms with van der Waals surface area (Å²) in [7, 11) is -1.55. The lowest BCUT2D eigenvalue weighted by molar-refractivity contribution is 0.0641. The molecule has 25 heavy (non-hydrogen) atoms. The van der Waals surface area contributed by atoms with Crippen LogP contribution in [0.2, 0.25) is 0 Å². The number of aliphatic hydroxyl groups is 2. The van der Waals surface area contributed by atoms with Gasteiger partial charge in [0.25, 0.3) is 0 Å². The topological polar surface area (TPSA) is 95.7 Å². The highest BCUT2D eigenvalue weighted by atomic mass is 32.2. The van der Waals surface area contributed by atoms with Gasteiger partial charge in [0, 0.05) is 19.6 Å². The minimum absolute atomic E-state index is 0.180. The summed E-state index contributed by atoms with van der Waals surface area (Å²) in [5, 5.41) is 18.7. The molecule has 0 radical (unpaired) electrons. The fourth-order valence-corrected chi connectivity index (χ4v) is 4.99. The highest BCUT2D eigenvalue weighted by Gasteiger charge is 2.30. The van der Waals surface area contributed by atoms with Crippen LogP contribution >= 0.6 is 0 Å². The SMILES string of the molecule is CCCCn1c(CN(C)CC(O)CO)cnc1S(=O)(=O)CC1CCC1. The van der Waals surface area contributed by atoms with E-state index in [9.17, 15) is 13.5 Å². The van der Waals surface area contributed by atoms with Crippen molar-refractivity contribution in [1.29, 1.82) is 0 Å². The average molecular weight is 374 g/mol. The molecule has 1 unspecified atom stereocenters. The van der Waals surface area contributed by atoms with E-state index in [0.29, 0.717) is 19.6 Å². The molecule has 0 aromatic carbocycles. The Hall–Kier alpha value is -0.960. The molecule has 1 fully saturated rings. The van der Waals surface area contributed by atoms with Crippen LogP contribution in [0.1, 0.15) is 44.7 Å². The summed E-state index contributed by atoms with van der Waals surface area (Å²) < 4.78 is 27.4. The minimum atomic E-state index is -3.38. The number of nitrogens with zero attached hydrogens (tertiary/aromatic N) is 3. The third-order valence-electron chi connectivity index (χ3n) is 4.76. The smallest absolute Gasteiger partial charge is 0.227 e. The van der Waals surface area contributed by atoms with E-state index >= 15 is 0 Å². The fraction of sp³-hybridized carbons (Fsp3) is 0.824. The second-order valence-electron chi connectivity index (χ2n) is 7.15. The maximum Gasteiger partial charge on any atom is 0.227 e. The third-order valence-corrected chi connectivity index (χ3v) is 6.55. The number of aliphatic hydroxyl groups excluding tert-OH is 2. The van der Waals surface area contributed by atoms with Crippen LogP contribution in [0.25, 0.3) is 0 Å². The Labute approximate surface area is 150 Å². The van der Waals surface area contributed by atoms with Crippen LogP contribution in [0.15, 0.2) is 11.4 Å². The van der Waals surface area contributed by atoms with Crippen molar-refractivity contribution in [3.8, 4) is 0 Å². The van der Waals surface area contributed by atoms with E-state index in [2.05, 4.69) is 11.9 Å². The van der Waals surface area contributed by atoms with Crippen molar-refractivity contribution in [2.24, 2.45) is 5.92 Å². The zero-order valence-electron chi connectivity index (χ0n) is 15.3. The normalized spacial score (nSPS) is 17.0. The Bertz CT molecular complexity index is 640. The van der Waals surface area contributed by atoms with Crippen LogP contribution in [0.3, 0.4) is 0 Å². The highest BCUT2D eigenvalue weighted by molar-refractivity contribution is 7.91. The number of imidazole rings is 1. The first-order chi connectivity index (χ1) is 11.9. The Kier molecular flexibility index (Phi) is 7.42. The molecule has 7 nitrogen and oxygen atoms in total. The quantitative estimate of drug-likeness (QED) is 0.602. The Morgan fingerprint density at radius 2 is 2.16 bits per heavy atom. The Balaban J connectivity index is 2.17. The predicted octanol–water partition coefficient (Wildman–Crippen LogP) is 1.04. The van der Waals surface area contributed by atoms with Crippen LogP contribution in [0, 0.1) is 5.92 Å². The fourth-order valence-electron chi connectivity index (χ4n) is 3.12. The number of aromatic nitrogens is 2. The van der Waals surface area contributed by atoms with Crippen molar-refractivity contribution in [2.75, 3.05) is 26.0 Å². The molecule has 1 heterocycles. The van der Waals surface area contributed by atoms with Crippen molar-refractivity contribution in [1.82, 2.24) is 14.5 Å². The second kappa shape index (κ2) is 9.12. The van der Waals surface area contributed by atoms with Gasteiger partial charge in [0.05, 0.1) is 30.4 Å². The average Bonchev–Trinajstić information content (AvgIpc) is 2.92. The third kappa shape index (κ3) is 5.51. The number of rotatable bonds is 11. The predicted molar refractivity (Wildman–Crippen MR) is 96.0 cm³/mol. The van der Waals surface area contributed by atoms with Gasteiger partial charge in [-0.1, -0.05) is 19.8 Å². The summed E-state index contributed by atoms with van der Waals surface area (Å²) in [6.45, 7) is 3.21. The molecule has 144 valence electrons. The van der Waals surface area contributed by atoms with Gasteiger partial charge in [-0.15, -0.1) is 0 Å². The van der Waals surface area contributed by atoms with Crippen molar-refractivity contribution >= 4 is 9.84 Å². The van der Waals surface area contributed by atoms with Crippen LogP contribution in [0.5, 0.6) is 0 Å². The molecule has 2 rings (SSSR count). The number of sulfone groups is 1.